The average Bonchev–Trinajstić information content (AvgIpc) is 2.35. The van der Waals surface area contributed by atoms with Gasteiger partial charge in [0.1, 0.15) is 0 Å². The van der Waals surface area contributed by atoms with Crippen molar-refractivity contribution in [1.82, 2.24) is 10.6 Å². The minimum absolute atomic E-state index is 0.0420. The number of carbonyl (C=O) groups is 2. The van der Waals surface area contributed by atoms with E-state index in [4.69, 9.17) is 5.73 Å². The van der Waals surface area contributed by atoms with E-state index in [1.165, 1.54) is 0 Å². The first kappa shape index (κ1) is 16.9. The Labute approximate surface area is 110 Å². The van der Waals surface area contributed by atoms with Gasteiger partial charge in [0.05, 0.1) is 5.54 Å². The van der Waals surface area contributed by atoms with E-state index < -0.39 is 5.54 Å². The van der Waals surface area contributed by atoms with Gasteiger partial charge in [-0.25, -0.2) is 0 Å². The summed E-state index contributed by atoms with van der Waals surface area (Å²) in [6.45, 7) is 8.84. The summed E-state index contributed by atoms with van der Waals surface area (Å²) in [5, 5.41) is 5.52. The lowest BCUT2D eigenvalue weighted by atomic mass is 9.93. The maximum atomic E-state index is 11.8. The molecule has 0 aliphatic carbocycles. The van der Waals surface area contributed by atoms with E-state index in [1.807, 2.05) is 27.7 Å². The molecule has 0 rings (SSSR count). The summed E-state index contributed by atoms with van der Waals surface area (Å²) < 4.78 is 0. The van der Waals surface area contributed by atoms with Crippen molar-refractivity contribution in [2.75, 3.05) is 13.1 Å². The molecule has 0 unspecified atom stereocenters. The van der Waals surface area contributed by atoms with E-state index in [9.17, 15) is 9.59 Å². The van der Waals surface area contributed by atoms with Gasteiger partial charge in [-0.2, -0.15) is 0 Å². The zero-order valence-corrected chi connectivity index (χ0v) is 12.0. The molecule has 0 aliphatic rings. The second kappa shape index (κ2) is 8.08. The Bertz CT molecular complexity index is 273. The van der Waals surface area contributed by atoms with Gasteiger partial charge in [-0.3, -0.25) is 9.59 Å². The van der Waals surface area contributed by atoms with E-state index in [2.05, 4.69) is 10.6 Å². The van der Waals surface area contributed by atoms with Crippen LogP contribution in [-0.4, -0.2) is 30.4 Å². The molecule has 0 saturated heterocycles. The van der Waals surface area contributed by atoms with Crippen LogP contribution in [0.15, 0.2) is 0 Å². The largest absolute Gasteiger partial charge is 0.356 e. The van der Waals surface area contributed by atoms with Gasteiger partial charge in [0, 0.05) is 19.5 Å². The maximum Gasteiger partial charge on any atom is 0.240 e. The first-order chi connectivity index (χ1) is 8.35. The van der Waals surface area contributed by atoms with Gasteiger partial charge < -0.3 is 16.4 Å². The molecule has 0 saturated carbocycles. The molecule has 0 radical (unpaired) electrons. The molecular weight excluding hydrogens is 230 g/mol. The fourth-order valence-corrected chi connectivity index (χ4v) is 1.44. The van der Waals surface area contributed by atoms with Crippen LogP contribution in [0.4, 0.5) is 0 Å². The summed E-state index contributed by atoms with van der Waals surface area (Å²) in [6.07, 6.45) is 1.48. The molecule has 0 aliphatic heterocycles. The van der Waals surface area contributed by atoms with Gasteiger partial charge in [-0.15, -0.1) is 0 Å². The third-order valence-electron chi connectivity index (χ3n) is 3.06. The molecule has 0 fully saturated rings. The van der Waals surface area contributed by atoms with Crippen molar-refractivity contribution in [3.8, 4) is 0 Å². The van der Waals surface area contributed by atoms with Crippen molar-refractivity contribution in [2.45, 2.75) is 52.5 Å². The molecule has 0 aromatic heterocycles. The zero-order chi connectivity index (χ0) is 14.2. The number of rotatable bonds is 8. The molecule has 0 aromatic rings. The minimum atomic E-state index is -0.811. The Morgan fingerprint density at radius 1 is 1.17 bits per heavy atom. The smallest absolute Gasteiger partial charge is 0.240 e. The molecule has 2 amide bonds. The number of amides is 2. The second-order valence-corrected chi connectivity index (χ2v) is 5.07. The lowest BCUT2D eigenvalue weighted by Gasteiger charge is -2.25. The molecule has 0 spiro atoms. The summed E-state index contributed by atoms with van der Waals surface area (Å²) in [7, 11) is 0. The second-order valence-electron chi connectivity index (χ2n) is 5.07. The first-order valence-electron chi connectivity index (χ1n) is 6.69. The predicted molar refractivity (Wildman–Crippen MR) is 73.0 cm³/mol. The van der Waals surface area contributed by atoms with E-state index in [-0.39, 0.29) is 11.8 Å². The van der Waals surface area contributed by atoms with E-state index in [0.717, 1.165) is 0 Å². The molecule has 5 nitrogen and oxygen atoms in total. The quantitative estimate of drug-likeness (QED) is 0.601. The molecule has 0 bridgehead atoms. The van der Waals surface area contributed by atoms with Crippen molar-refractivity contribution >= 4 is 11.8 Å². The maximum absolute atomic E-state index is 11.8. The first-order valence-corrected chi connectivity index (χ1v) is 6.69. The monoisotopic (exact) mass is 257 g/mol. The van der Waals surface area contributed by atoms with E-state index in [0.29, 0.717) is 38.3 Å². The number of hydrogen-bond acceptors (Lipinski definition) is 3. The van der Waals surface area contributed by atoms with Gasteiger partial charge in [-0.05, 0) is 18.8 Å². The SMILES string of the molecule is CCC(N)(CC)C(=O)NCCC(=O)NCC(C)C. The molecule has 0 atom stereocenters. The van der Waals surface area contributed by atoms with E-state index >= 15 is 0 Å². The highest BCUT2D eigenvalue weighted by atomic mass is 16.2. The standard InChI is InChI=1S/C13H27N3O2/c1-5-13(14,6-2)12(18)15-8-7-11(17)16-9-10(3)4/h10H,5-9,14H2,1-4H3,(H,15,18)(H,16,17). The van der Waals surface area contributed by atoms with Crippen LogP contribution in [-0.2, 0) is 9.59 Å². The Balaban J connectivity index is 3.91. The highest BCUT2D eigenvalue weighted by Gasteiger charge is 2.29. The number of carbonyl (C=O) groups excluding carboxylic acids is 2. The molecule has 0 aromatic carbocycles. The third-order valence-corrected chi connectivity index (χ3v) is 3.06. The van der Waals surface area contributed by atoms with Crippen LogP contribution < -0.4 is 16.4 Å². The Hall–Kier alpha value is -1.10. The predicted octanol–water partition coefficient (Wildman–Crippen LogP) is 0.782. The summed E-state index contributed by atoms with van der Waals surface area (Å²) in [5.41, 5.74) is 5.13. The van der Waals surface area contributed by atoms with Crippen molar-refractivity contribution in [1.29, 1.82) is 0 Å². The third kappa shape index (κ3) is 6.00. The van der Waals surface area contributed by atoms with Crippen LogP contribution in [0, 0.1) is 5.92 Å². The number of nitrogens with two attached hydrogens (primary N) is 1. The highest BCUT2D eigenvalue weighted by molar-refractivity contribution is 5.86. The molecule has 4 N–H and O–H groups in total. The van der Waals surface area contributed by atoms with Crippen LogP contribution in [0.2, 0.25) is 0 Å². The van der Waals surface area contributed by atoms with Gasteiger partial charge in [0.2, 0.25) is 11.8 Å². The van der Waals surface area contributed by atoms with Crippen LogP contribution >= 0.6 is 0 Å². The van der Waals surface area contributed by atoms with Crippen molar-refractivity contribution in [3.63, 3.8) is 0 Å². The van der Waals surface area contributed by atoms with Gasteiger partial charge in [-0.1, -0.05) is 27.7 Å². The van der Waals surface area contributed by atoms with Gasteiger partial charge in [0.25, 0.3) is 0 Å². The zero-order valence-electron chi connectivity index (χ0n) is 12.0. The van der Waals surface area contributed by atoms with E-state index in [1.54, 1.807) is 0 Å². The molecule has 5 heteroatoms. The van der Waals surface area contributed by atoms with Crippen LogP contribution in [0.25, 0.3) is 0 Å². The molecule has 18 heavy (non-hydrogen) atoms. The Morgan fingerprint density at radius 3 is 2.17 bits per heavy atom. The highest BCUT2D eigenvalue weighted by Crippen LogP contribution is 2.10. The van der Waals surface area contributed by atoms with Crippen LogP contribution in [0.5, 0.6) is 0 Å². The Morgan fingerprint density at radius 2 is 1.72 bits per heavy atom. The molecule has 0 heterocycles. The van der Waals surface area contributed by atoms with Gasteiger partial charge in [0.15, 0.2) is 0 Å². The normalized spacial score (nSPS) is 11.4. The minimum Gasteiger partial charge on any atom is -0.356 e. The number of hydrogen-bond donors (Lipinski definition) is 3. The lowest BCUT2D eigenvalue weighted by Crippen LogP contribution is -2.53. The van der Waals surface area contributed by atoms with Gasteiger partial charge >= 0.3 is 0 Å². The summed E-state index contributed by atoms with van der Waals surface area (Å²) in [6, 6.07) is 0. The lowest BCUT2D eigenvalue weighted by molar-refractivity contribution is -0.126. The number of nitrogens with one attached hydrogen (secondary N) is 2. The Kier molecular flexibility index (Phi) is 7.59. The average molecular weight is 257 g/mol. The fraction of sp³-hybridized carbons (Fsp3) is 0.846. The van der Waals surface area contributed by atoms with Crippen molar-refractivity contribution in [2.24, 2.45) is 11.7 Å². The molecule has 106 valence electrons. The van der Waals surface area contributed by atoms with Crippen LogP contribution in [0.3, 0.4) is 0 Å². The van der Waals surface area contributed by atoms with Crippen molar-refractivity contribution < 1.29 is 9.59 Å². The topological polar surface area (TPSA) is 84.2 Å². The fourth-order valence-electron chi connectivity index (χ4n) is 1.44. The summed E-state index contributed by atoms with van der Waals surface area (Å²) in [4.78, 5) is 23.2. The van der Waals surface area contributed by atoms with Crippen molar-refractivity contribution in [3.05, 3.63) is 0 Å². The molecular formula is C13H27N3O2. The summed E-state index contributed by atoms with van der Waals surface area (Å²) in [5.74, 6) is 0.212. The summed E-state index contributed by atoms with van der Waals surface area (Å²) >= 11 is 0. The van der Waals surface area contributed by atoms with Crippen LogP contribution in [0.1, 0.15) is 47.0 Å².